The quantitative estimate of drug-likeness (QED) is 0.646. The third kappa shape index (κ3) is 4.02. The monoisotopic (exact) mass is 437 g/mol. The summed E-state index contributed by atoms with van der Waals surface area (Å²) in [5, 5.41) is 11.8. The van der Waals surface area contributed by atoms with Crippen LogP contribution in [0.25, 0.3) is 22.2 Å². The summed E-state index contributed by atoms with van der Waals surface area (Å²) in [6.07, 6.45) is 4.21. The Morgan fingerprint density at radius 3 is 2.59 bits per heavy atom. The SMILES string of the molecule is COc1ccc(-c2cn(C3CN(C(=O)CC(C)(C)C)C(C)(O)C3)c3ncnc(N)c23)cc1. The van der Waals surface area contributed by atoms with Crippen LogP contribution >= 0.6 is 0 Å². The molecule has 8 nitrogen and oxygen atoms in total. The minimum absolute atomic E-state index is 0.0500. The maximum Gasteiger partial charge on any atom is 0.225 e. The lowest BCUT2D eigenvalue weighted by Crippen LogP contribution is -2.45. The summed E-state index contributed by atoms with van der Waals surface area (Å²) in [6, 6.07) is 7.58. The molecule has 8 heteroatoms. The summed E-state index contributed by atoms with van der Waals surface area (Å²) in [7, 11) is 1.63. The molecule has 1 fully saturated rings. The Balaban J connectivity index is 1.75. The van der Waals surface area contributed by atoms with E-state index in [0.717, 1.165) is 22.3 Å². The number of hydrogen-bond acceptors (Lipinski definition) is 6. The molecule has 0 radical (unpaired) electrons. The maximum absolute atomic E-state index is 13.0. The first kappa shape index (κ1) is 22.1. The van der Waals surface area contributed by atoms with E-state index in [1.165, 1.54) is 6.33 Å². The molecule has 3 heterocycles. The molecule has 1 aromatic carbocycles. The van der Waals surface area contributed by atoms with Crippen LogP contribution in [0.4, 0.5) is 5.82 Å². The van der Waals surface area contributed by atoms with E-state index in [4.69, 9.17) is 10.5 Å². The van der Waals surface area contributed by atoms with Gasteiger partial charge in [-0.05, 0) is 30.0 Å². The number of amides is 1. The molecule has 32 heavy (non-hydrogen) atoms. The number of carbonyl (C=O) groups excluding carboxylic acids is 1. The van der Waals surface area contributed by atoms with Gasteiger partial charge >= 0.3 is 0 Å². The first-order chi connectivity index (χ1) is 15.0. The van der Waals surface area contributed by atoms with Gasteiger partial charge in [0.15, 0.2) is 0 Å². The Morgan fingerprint density at radius 2 is 1.97 bits per heavy atom. The molecule has 2 unspecified atom stereocenters. The molecule has 2 aromatic heterocycles. The fourth-order valence-corrected chi connectivity index (χ4v) is 4.51. The molecule has 2 atom stereocenters. The Labute approximate surface area is 188 Å². The smallest absolute Gasteiger partial charge is 0.225 e. The predicted molar refractivity (Wildman–Crippen MR) is 124 cm³/mol. The number of nitrogens with zero attached hydrogens (tertiary/aromatic N) is 4. The lowest BCUT2D eigenvalue weighted by molar-refractivity contribution is -0.150. The van der Waals surface area contributed by atoms with Crippen LogP contribution in [0.5, 0.6) is 5.75 Å². The summed E-state index contributed by atoms with van der Waals surface area (Å²) >= 11 is 0. The van der Waals surface area contributed by atoms with Crippen LogP contribution in [-0.4, -0.2) is 49.8 Å². The van der Waals surface area contributed by atoms with Crippen molar-refractivity contribution in [2.45, 2.75) is 52.3 Å². The van der Waals surface area contributed by atoms with Crippen molar-refractivity contribution >= 4 is 22.8 Å². The van der Waals surface area contributed by atoms with Crippen molar-refractivity contribution in [1.29, 1.82) is 0 Å². The summed E-state index contributed by atoms with van der Waals surface area (Å²) in [5.74, 6) is 1.11. The van der Waals surface area contributed by atoms with E-state index >= 15 is 0 Å². The molecule has 3 aromatic rings. The molecule has 1 aliphatic heterocycles. The lowest BCUT2D eigenvalue weighted by Gasteiger charge is -2.32. The van der Waals surface area contributed by atoms with Gasteiger partial charge in [-0.15, -0.1) is 0 Å². The van der Waals surface area contributed by atoms with Crippen LogP contribution in [0.1, 0.15) is 46.6 Å². The van der Waals surface area contributed by atoms with Crippen molar-refractivity contribution in [3.63, 3.8) is 0 Å². The Kier molecular flexibility index (Phi) is 5.36. The minimum atomic E-state index is -1.23. The van der Waals surface area contributed by atoms with Crippen molar-refractivity contribution in [3.8, 4) is 16.9 Å². The van der Waals surface area contributed by atoms with Crippen molar-refractivity contribution in [2.24, 2.45) is 5.41 Å². The predicted octanol–water partition coefficient (Wildman–Crippen LogP) is 3.61. The fourth-order valence-electron chi connectivity index (χ4n) is 4.51. The van der Waals surface area contributed by atoms with Crippen molar-refractivity contribution in [2.75, 3.05) is 19.4 Å². The molecule has 1 aliphatic rings. The highest BCUT2D eigenvalue weighted by Crippen LogP contribution is 2.41. The summed E-state index contributed by atoms with van der Waals surface area (Å²) in [6.45, 7) is 8.17. The van der Waals surface area contributed by atoms with Crippen LogP contribution in [0.15, 0.2) is 36.8 Å². The highest BCUT2D eigenvalue weighted by molar-refractivity contribution is 6.00. The van der Waals surface area contributed by atoms with Gasteiger partial charge in [0.05, 0.1) is 18.5 Å². The Morgan fingerprint density at radius 1 is 1.28 bits per heavy atom. The normalized spacial score (nSPS) is 21.3. The summed E-state index contributed by atoms with van der Waals surface area (Å²) in [4.78, 5) is 23.2. The van der Waals surface area contributed by atoms with Gasteiger partial charge in [-0.2, -0.15) is 0 Å². The average molecular weight is 438 g/mol. The molecule has 0 spiro atoms. The van der Waals surface area contributed by atoms with Gasteiger partial charge in [-0.3, -0.25) is 4.79 Å². The molecule has 170 valence electrons. The fraction of sp³-hybridized carbons (Fsp3) is 0.458. The summed E-state index contributed by atoms with van der Waals surface area (Å²) < 4.78 is 7.29. The van der Waals surface area contributed by atoms with Gasteiger partial charge < -0.3 is 25.0 Å². The first-order valence-electron chi connectivity index (χ1n) is 10.8. The molecule has 0 aliphatic carbocycles. The van der Waals surface area contributed by atoms with Crippen LogP contribution in [-0.2, 0) is 4.79 Å². The number of nitrogens with two attached hydrogens (primary N) is 1. The van der Waals surface area contributed by atoms with Gasteiger partial charge in [0, 0.05) is 31.1 Å². The van der Waals surface area contributed by atoms with E-state index in [2.05, 4.69) is 9.97 Å². The van der Waals surface area contributed by atoms with Crippen molar-refractivity contribution in [3.05, 3.63) is 36.8 Å². The number of aliphatic hydroxyl groups is 1. The molecule has 1 saturated heterocycles. The second-order valence-corrected chi connectivity index (χ2v) is 9.95. The van der Waals surface area contributed by atoms with Gasteiger partial charge in [-0.25, -0.2) is 9.97 Å². The van der Waals surface area contributed by atoms with Gasteiger partial charge in [-0.1, -0.05) is 32.9 Å². The van der Waals surface area contributed by atoms with E-state index in [-0.39, 0.29) is 17.4 Å². The molecule has 3 N–H and O–H groups in total. The zero-order valence-corrected chi connectivity index (χ0v) is 19.3. The molecule has 0 saturated carbocycles. The zero-order valence-electron chi connectivity index (χ0n) is 19.3. The third-order valence-corrected chi connectivity index (χ3v) is 6.01. The van der Waals surface area contributed by atoms with Crippen molar-refractivity contribution < 1.29 is 14.6 Å². The number of benzene rings is 1. The first-order valence-corrected chi connectivity index (χ1v) is 10.8. The number of methoxy groups -OCH3 is 1. The number of carbonyl (C=O) groups is 1. The Bertz CT molecular complexity index is 1140. The number of nitrogen functional groups attached to an aromatic ring is 1. The zero-order chi connectivity index (χ0) is 23.3. The second-order valence-electron chi connectivity index (χ2n) is 9.95. The standard InChI is InChI=1S/C24H31N5O3/c1-23(2,3)11-19(30)29-12-16(10-24(29,4)31)28-13-18(15-6-8-17(32-5)9-7-15)20-21(25)26-14-27-22(20)28/h6-9,13-14,16,31H,10-12H2,1-5H3,(H2,25,26,27). The number of hydrogen-bond donors (Lipinski definition) is 2. The number of ether oxygens (including phenoxy) is 1. The van der Waals surface area contributed by atoms with Crippen molar-refractivity contribution in [1.82, 2.24) is 19.4 Å². The number of fused-ring (bicyclic) bond motifs is 1. The number of likely N-dealkylation sites (tertiary alicyclic amines) is 1. The van der Waals surface area contributed by atoms with E-state index in [1.54, 1.807) is 18.9 Å². The molecule has 0 bridgehead atoms. The topological polar surface area (TPSA) is 106 Å². The highest BCUT2D eigenvalue weighted by atomic mass is 16.5. The molecule has 1 amide bonds. The van der Waals surface area contributed by atoms with E-state index in [9.17, 15) is 9.90 Å². The lowest BCUT2D eigenvalue weighted by atomic mass is 9.91. The highest BCUT2D eigenvalue weighted by Gasteiger charge is 2.45. The van der Waals surface area contributed by atoms with Crippen LogP contribution in [0.3, 0.4) is 0 Å². The van der Waals surface area contributed by atoms with E-state index in [0.29, 0.717) is 30.9 Å². The van der Waals surface area contributed by atoms with Crippen LogP contribution < -0.4 is 10.5 Å². The maximum atomic E-state index is 13.0. The summed E-state index contributed by atoms with van der Waals surface area (Å²) in [5.41, 5.74) is 7.42. The minimum Gasteiger partial charge on any atom is -0.497 e. The molecular formula is C24H31N5O3. The van der Waals surface area contributed by atoms with Gasteiger partial charge in [0.2, 0.25) is 5.91 Å². The largest absolute Gasteiger partial charge is 0.497 e. The van der Waals surface area contributed by atoms with Gasteiger partial charge in [0.25, 0.3) is 0 Å². The number of rotatable bonds is 4. The van der Waals surface area contributed by atoms with Crippen LogP contribution in [0.2, 0.25) is 0 Å². The number of aromatic nitrogens is 3. The molecule has 4 rings (SSSR count). The third-order valence-electron chi connectivity index (χ3n) is 6.01. The van der Waals surface area contributed by atoms with Crippen LogP contribution in [0, 0.1) is 5.41 Å². The Hall–Kier alpha value is -3.13. The van der Waals surface area contributed by atoms with Gasteiger partial charge in [0.1, 0.15) is 29.3 Å². The molecular weight excluding hydrogens is 406 g/mol. The second kappa shape index (κ2) is 7.78. The van der Waals surface area contributed by atoms with E-state index < -0.39 is 5.72 Å². The number of anilines is 1. The average Bonchev–Trinajstić information content (AvgIpc) is 3.25. The van der Waals surface area contributed by atoms with E-state index in [1.807, 2.05) is 55.8 Å².